The fraction of sp³-hybridized carbons (Fsp3) is 0.619. The van der Waals surface area contributed by atoms with E-state index in [1.54, 1.807) is 0 Å². The number of rotatable bonds is 5. The molecule has 0 radical (unpaired) electrons. The van der Waals surface area contributed by atoms with Crippen LogP contribution in [0, 0.1) is 11.8 Å². The van der Waals surface area contributed by atoms with E-state index in [4.69, 9.17) is 14.6 Å². The van der Waals surface area contributed by atoms with Gasteiger partial charge in [0, 0.05) is 17.9 Å². The smallest absolute Gasteiger partial charge is 0.306 e. The average molecular weight is 373 g/mol. The Kier molecular flexibility index (Phi) is 4.98. The predicted octanol–water partition coefficient (Wildman–Crippen LogP) is 3.23. The highest BCUT2D eigenvalue weighted by Crippen LogP contribution is 2.43. The molecule has 6 nitrogen and oxygen atoms in total. The summed E-state index contributed by atoms with van der Waals surface area (Å²) < 4.78 is 11.0. The van der Waals surface area contributed by atoms with Crippen molar-refractivity contribution >= 4 is 11.9 Å². The normalized spacial score (nSPS) is 25.9. The number of aliphatic carboxylic acids is 1. The van der Waals surface area contributed by atoms with Crippen molar-refractivity contribution in [2.75, 3.05) is 13.3 Å². The van der Waals surface area contributed by atoms with Crippen LogP contribution in [0.4, 0.5) is 0 Å². The number of carboxylic acids is 1. The molecule has 27 heavy (non-hydrogen) atoms. The van der Waals surface area contributed by atoms with Gasteiger partial charge >= 0.3 is 5.97 Å². The summed E-state index contributed by atoms with van der Waals surface area (Å²) >= 11 is 0. The molecule has 2 N–H and O–H groups in total. The Hall–Kier alpha value is -2.24. The Balaban J connectivity index is 1.46. The van der Waals surface area contributed by atoms with E-state index in [0.717, 1.165) is 37.2 Å². The van der Waals surface area contributed by atoms with Crippen LogP contribution in [0.15, 0.2) is 18.2 Å². The number of amides is 1. The standard InChI is InChI=1S/C21H27NO5/c23-19(14-4-5-15(10-14)20(24)25)22-12-21(8-2-1-3-9-21)16-6-7-17-18(11-16)27-13-26-17/h6-7,11,14-15H,1-5,8-10,12-13H2,(H,22,23)(H,24,25)/t14-,15+/m0/s1. The maximum Gasteiger partial charge on any atom is 0.306 e. The number of nitrogens with one attached hydrogen (secondary N) is 1. The van der Waals surface area contributed by atoms with Crippen molar-refractivity contribution in [2.45, 2.75) is 56.8 Å². The van der Waals surface area contributed by atoms with E-state index in [1.165, 1.54) is 12.0 Å². The molecule has 2 fully saturated rings. The zero-order valence-electron chi connectivity index (χ0n) is 15.5. The Morgan fingerprint density at radius 2 is 1.81 bits per heavy atom. The molecule has 3 aliphatic rings. The van der Waals surface area contributed by atoms with Crippen molar-refractivity contribution in [3.63, 3.8) is 0 Å². The van der Waals surface area contributed by atoms with Gasteiger partial charge in [0.2, 0.25) is 12.7 Å². The molecule has 1 aromatic rings. The first-order valence-corrected chi connectivity index (χ1v) is 9.98. The first kappa shape index (κ1) is 18.1. The van der Waals surface area contributed by atoms with E-state index in [2.05, 4.69) is 17.4 Å². The van der Waals surface area contributed by atoms with Crippen LogP contribution >= 0.6 is 0 Å². The molecule has 0 aromatic heterocycles. The van der Waals surface area contributed by atoms with Crippen molar-refractivity contribution in [1.29, 1.82) is 0 Å². The van der Waals surface area contributed by atoms with E-state index in [1.807, 2.05) is 6.07 Å². The molecule has 0 unspecified atom stereocenters. The van der Waals surface area contributed by atoms with Gasteiger partial charge in [-0.05, 0) is 49.8 Å². The van der Waals surface area contributed by atoms with Crippen molar-refractivity contribution in [3.8, 4) is 11.5 Å². The molecule has 1 heterocycles. The van der Waals surface area contributed by atoms with E-state index in [9.17, 15) is 9.59 Å². The second kappa shape index (κ2) is 7.41. The molecule has 0 bridgehead atoms. The van der Waals surface area contributed by atoms with E-state index >= 15 is 0 Å². The Morgan fingerprint density at radius 1 is 1.07 bits per heavy atom. The lowest BCUT2D eigenvalue weighted by Gasteiger charge is -2.38. The summed E-state index contributed by atoms with van der Waals surface area (Å²) in [6, 6.07) is 6.13. The van der Waals surface area contributed by atoms with Crippen LogP contribution in [0.3, 0.4) is 0 Å². The topological polar surface area (TPSA) is 84.9 Å². The molecule has 2 saturated carbocycles. The Labute approximate surface area is 159 Å². The van der Waals surface area contributed by atoms with E-state index in [-0.39, 0.29) is 30.0 Å². The number of fused-ring (bicyclic) bond motifs is 1. The molecule has 1 aliphatic heterocycles. The number of benzene rings is 1. The van der Waals surface area contributed by atoms with Crippen LogP contribution in [0.5, 0.6) is 11.5 Å². The second-order valence-corrected chi connectivity index (χ2v) is 8.17. The molecular weight excluding hydrogens is 346 g/mol. The Morgan fingerprint density at radius 3 is 2.56 bits per heavy atom. The minimum Gasteiger partial charge on any atom is -0.481 e. The van der Waals surface area contributed by atoms with E-state index < -0.39 is 5.97 Å². The lowest BCUT2D eigenvalue weighted by Crippen LogP contribution is -2.43. The van der Waals surface area contributed by atoms with Gasteiger partial charge in [-0.15, -0.1) is 0 Å². The molecule has 6 heteroatoms. The summed E-state index contributed by atoms with van der Waals surface area (Å²) in [5, 5.41) is 12.3. The van der Waals surface area contributed by atoms with Crippen LogP contribution in [0.25, 0.3) is 0 Å². The molecule has 1 amide bonds. The number of hydrogen-bond acceptors (Lipinski definition) is 4. The molecule has 2 aliphatic carbocycles. The van der Waals surface area contributed by atoms with Crippen LogP contribution in [0.1, 0.15) is 56.9 Å². The highest BCUT2D eigenvalue weighted by Gasteiger charge is 2.38. The first-order chi connectivity index (χ1) is 13.1. The zero-order valence-corrected chi connectivity index (χ0v) is 15.5. The third kappa shape index (κ3) is 3.62. The predicted molar refractivity (Wildman–Crippen MR) is 98.8 cm³/mol. The molecular formula is C21H27NO5. The third-order valence-corrected chi connectivity index (χ3v) is 6.55. The lowest BCUT2D eigenvalue weighted by atomic mass is 9.69. The first-order valence-electron chi connectivity index (χ1n) is 9.98. The average Bonchev–Trinajstić information content (AvgIpc) is 3.35. The van der Waals surface area contributed by atoms with E-state index in [0.29, 0.717) is 25.8 Å². The van der Waals surface area contributed by atoms with Gasteiger partial charge in [0.1, 0.15) is 0 Å². The number of carboxylic acid groups (broad SMARTS) is 1. The lowest BCUT2D eigenvalue weighted by molar-refractivity contribution is -0.141. The summed E-state index contributed by atoms with van der Waals surface area (Å²) in [6.07, 6.45) is 7.32. The van der Waals surface area contributed by atoms with Crippen molar-refractivity contribution in [1.82, 2.24) is 5.32 Å². The summed E-state index contributed by atoms with van der Waals surface area (Å²) in [6.45, 7) is 0.856. The zero-order chi connectivity index (χ0) is 18.9. The van der Waals surface area contributed by atoms with Gasteiger partial charge in [0.15, 0.2) is 11.5 Å². The maximum absolute atomic E-state index is 12.7. The highest BCUT2D eigenvalue weighted by molar-refractivity contribution is 5.81. The third-order valence-electron chi connectivity index (χ3n) is 6.55. The van der Waals surface area contributed by atoms with Crippen molar-refractivity contribution in [2.24, 2.45) is 11.8 Å². The largest absolute Gasteiger partial charge is 0.481 e. The minimum absolute atomic E-state index is 0.00411. The molecule has 1 aromatic carbocycles. The monoisotopic (exact) mass is 373 g/mol. The number of carbonyl (C=O) groups excluding carboxylic acids is 1. The molecule has 4 rings (SSSR count). The van der Waals surface area contributed by atoms with Gasteiger partial charge in [-0.3, -0.25) is 9.59 Å². The number of carbonyl (C=O) groups is 2. The summed E-state index contributed by atoms with van der Waals surface area (Å²) in [5.74, 6) is 0.226. The van der Waals surface area contributed by atoms with Gasteiger partial charge in [-0.2, -0.15) is 0 Å². The van der Waals surface area contributed by atoms with Gasteiger partial charge in [-0.25, -0.2) is 0 Å². The highest BCUT2D eigenvalue weighted by atomic mass is 16.7. The maximum atomic E-state index is 12.7. The van der Waals surface area contributed by atoms with Gasteiger partial charge in [0.05, 0.1) is 5.92 Å². The van der Waals surface area contributed by atoms with Crippen molar-refractivity contribution in [3.05, 3.63) is 23.8 Å². The van der Waals surface area contributed by atoms with Gasteiger partial charge < -0.3 is 19.9 Å². The number of hydrogen-bond donors (Lipinski definition) is 2. The Bertz CT molecular complexity index is 725. The van der Waals surface area contributed by atoms with Gasteiger partial charge in [0.25, 0.3) is 0 Å². The summed E-state index contributed by atoms with van der Waals surface area (Å²) in [5.41, 5.74) is 1.11. The van der Waals surface area contributed by atoms with Crippen LogP contribution in [-0.2, 0) is 15.0 Å². The molecule has 2 atom stereocenters. The SMILES string of the molecule is O=C(O)[C@@H]1CC[C@H](C(=O)NCC2(c3ccc4c(c3)OCO4)CCCCC2)C1. The minimum atomic E-state index is -0.783. The quantitative estimate of drug-likeness (QED) is 0.828. The summed E-state index contributed by atoms with van der Waals surface area (Å²) in [4.78, 5) is 23.8. The van der Waals surface area contributed by atoms with Crippen LogP contribution < -0.4 is 14.8 Å². The molecule has 0 saturated heterocycles. The molecule has 0 spiro atoms. The fourth-order valence-corrected chi connectivity index (χ4v) is 4.87. The van der Waals surface area contributed by atoms with Crippen LogP contribution in [-0.4, -0.2) is 30.3 Å². The summed E-state index contributed by atoms with van der Waals surface area (Å²) in [7, 11) is 0. The van der Waals surface area contributed by atoms with Crippen molar-refractivity contribution < 1.29 is 24.2 Å². The molecule has 146 valence electrons. The number of ether oxygens (including phenoxy) is 2. The van der Waals surface area contributed by atoms with Crippen LogP contribution in [0.2, 0.25) is 0 Å². The second-order valence-electron chi connectivity index (χ2n) is 8.17. The fourth-order valence-electron chi connectivity index (χ4n) is 4.87. The van der Waals surface area contributed by atoms with Gasteiger partial charge in [-0.1, -0.05) is 25.3 Å².